The van der Waals surface area contributed by atoms with Gasteiger partial charge in [0, 0.05) is 17.3 Å². The summed E-state index contributed by atoms with van der Waals surface area (Å²) >= 11 is 1.55. The van der Waals surface area contributed by atoms with Gasteiger partial charge in [-0.25, -0.2) is 0 Å². The molecule has 2 heterocycles. The van der Waals surface area contributed by atoms with Gasteiger partial charge in [-0.05, 0) is 37.1 Å². The van der Waals surface area contributed by atoms with Crippen molar-refractivity contribution in [3.8, 4) is 0 Å². The van der Waals surface area contributed by atoms with Crippen molar-refractivity contribution in [2.75, 3.05) is 0 Å². The molecule has 0 saturated heterocycles. The first-order chi connectivity index (χ1) is 8.70. The van der Waals surface area contributed by atoms with Gasteiger partial charge in [0.05, 0.1) is 10.9 Å². The fourth-order valence-corrected chi connectivity index (χ4v) is 2.52. The molecule has 1 N–H and O–H groups in total. The molecule has 1 unspecified atom stereocenters. The third kappa shape index (κ3) is 2.96. The molecule has 0 aromatic carbocycles. The molecule has 1 amide bonds. The first-order valence-electron chi connectivity index (χ1n) is 6.00. The molecule has 0 fully saturated rings. The van der Waals surface area contributed by atoms with Gasteiger partial charge in [-0.15, -0.1) is 11.3 Å². The van der Waals surface area contributed by atoms with Crippen molar-refractivity contribution in [1.29, 1.82) is 0 Å². The van der Waals surface area contributed by atoms with E-state index in [2.05, 4.69) is 17.2 Å². The predicted octanol–water partition coefficient (Wildman–Crippen LogP) is 3.20. The van der Waals surface area contributed by atoms with Crippen molar-refractivity contribution in [2.24, 2.45) is 0 Å². The van der Waals surface area contributed by atoms with Gasteiger partial charge in [0.1, 0.15) is 0 Å². The number of carbonyl (C=O) groups excluding carboxylic acids is 1. The highest BCUT2D eigenvalue weighted by atomic mass is 32.1. The van der Waals surface area contributed by atoms with Crippen LogP contribution in [0.1, 0.15) is 40.0 Å². The summed E-state index contributed by atoms with van der Waals surface area (Å²) in [5.41, 5.74) is 1.01. The zero-order valence-electron chi connectivity index (χ0n) is 10.5. The van der Waals surface area contributed by atoms with Crippen LogP contribution in [0.2, 0.25) is 0 Å². The monoisotopic (exact) mass is 260 g/mol. The second kappa shape index (κ2) is 5.78. The molecule has 0 aliphatic heterocycles. The number of pyridine rings is 1. The van der Waals surface area contributed by atoms with Crippen molar-refractivity contribution in [3.05, 3.63) is 52.0 Å². The molecule has 94 valence electrons. The second-order valence-corrected chi connectivity index (χ2v) is 5.27. The van der Waals surface area contributed by atoms with Crippen LogP contribution in [0, 0.1) is 0 Å². The highest BCUT2D eigenvalue weighted by molar-refractivity contribution is 7.14. The number of thiophene rings is 1. The smallest absolute Gasteiger partial charge is 0.261 e. The molecule has 2 aromatic heterocycles. The number of rotatable bonds is 4. The maximum Gasteiger partial charge on any atom is 0.261 e. The summed E-state index contributed by atoms with van der Waals surface area (Å²) in [7, 11) is 0. The standard InChI is InChI=1S/C14H16N2OS/c1-3-12-6-7-13(18-12)14(17)16-10(2)11-5-4-8-15-9-11/h4-10H,3H2,1-2H3,(H,16,17). The molecule has 0 aliphatic rings. The molecular weight excluding hydrogens is 244 g/mol. The molecule has 1 atom stereocenters. The van der Waals surface area contributed by atoms with Crippen molar-refractivity contribution in [1.82, 2.24) is 10.3 Å². The van der Waals surface area contributed by atoms with Crippen molar-refractivity contribution >= 4 is 17.2 Å². The number of amides is 1. The van der Waals surface area contributed by atoms with E-state index >= 15 is 0 Å². The summed E-state index contributed by atoms with van der Waals surface area (Å²) < 4.78 is 0. The van der Waals surface area contributed by atoms with Crippen molar-refractivity contribution < 1.29 is 4.79 Å². The lowest BCUT2D eigenvalue weighted by Gasteiger charge is -2.12. The minimum atomic E-state index is -0.0293. The van der Waals surface area contributed by atoms with Gasteiger partial charge in [0.2, 0.25) is 0 Å². The molecule has 4 heteroatoms. The largest absolute Gasteiger partial charge is 0.345 e. The van der Waals surface area contributed by atoms with E-state index in [4.69, 9.17) is 0 Å². The van der Waals surface area contributed by atoms with Gasteiger partial charge >= 0.3 is 0 Å². The Morgan fingerprint density at radius 1 is 1.44 bits per heavy atom. The SMILES string of the molecule is CCc1ccc(C(=O)NC(C)c2cccnc2)s1. The Hall–Kier alpha value is -1.68. The van der Waals surface area contributed by atoms with Gasteiger partial charge < -0.3 is 5.32 Å². The Morgan fingerprint density at radius 2 is 2.28 bits per heavy atom. The number of aromatic nitrogens is 1. The van der Waals surface area contributed by atoms with Gasteiger partial charge in [0.25, 0.3) is 5.91 Å². The molecule has 0 saturated carbocycles. The quantitative estimate of drug-likeness (QED) is 0.917. The summed E-state index contributed by atoms with van der Waals surface area (Å²) in [6, 6.07) is 7.70. The van der Waals surface area contributed by atoms with Crippen LogP contribution >= 0.6 is 11.3 Å². The lowest BCUT2D eigenvalue weighted by atomic mass is 10.1. The van der Waals surface area contributed by atoms with Crippen LogP contribution in [0.4, 0.5) is 0 Å². The van der Waals surface area contributed by atoms with E-state index in [1.54, 1.807) is 23.7 Å². The van der Waals surface area contributed by atoms with Crippen molar-refractivity contribution in [3.63, 3.8) is 0 Å². The molecule has 3 nitrogen and oxygen atoms in total. The van der Waals surface area contributed by atoms with Gasteiger partial charge in [-0.1, -0.05) is 13.0 Å². The Labute approximate surface area is 111 Å². The van der Waals surface area contributed by atoms with Crippen LogP contribution in [0.3, 0.4) is 0 Å². The minimum Gasteiger partial charge on any atom is -0.345 e. The average Bonchev–Trinajstić information content (AvgIpc) is 2.88. The molecule has 18 heavy (non-hydrogen) atoms. The number of carbonyl (C=O) groups is 1. The van der Waals surface area contributed by atoms with Crippen LogP contribution in [0.25, 0.3) is 0 Å². The maximum atomic E-state index is 12.0. The maximum absolute atomic E-state index is 12.0. The lowest BCUT2D eigenvalue weighted by Crippen LogP contribution is -2.25. The van der Waals surface area contributed by atoms with E-state index in [9.17, 15) is 4.79 Å². The Kier molecular flexibility index (Phi) is 4.10. The second-order valence-electron chi connectivity index (χ2n) is 4.10. The highest BCUT2D eigenvalue weighted by Crippen LogP contribution is 2.18. The number of nitrogens with zero attached hydrogens (tertiary/aromatic N) is 1. The van der Waals surface area contributed by atoms with Crippen LogP contribution in [0.15, 0.2) is 36.7 Å². The summed E-state index contributed by atoms with van der Waals surface area (Å²) in [4.78, 5) is 18.1. The van der Waals surface area contributed by atoms with Crippen LogP contribution in [-0.4, -0.2) is 10.9 Å². The first kappa shape index (κ1) is 12.8. The average molecular weight is 260 g/mol. The van der Waals surface area contributed by atoms with E-state index in [1.165, 1.54) is 4.88 Å². The number of hydrogen-bond donors (Lipinski definition) is 1. The molecule has 0 aliphatic carbocycles. The van der Waals surface area contributed by atoms with Crippen molar-refractivity contribution in [2.45, 2.75) is 26.3 Å². The van der Waals surface area contributed by atoms with Crippen LogP contribution in [-0.2, 0) is 6.42 Å². The summed E-state index contributed by atoms with van der Waals surface area (Å²) in [6.07, 6.45) is 4.47. The van der Waals surface area contributed by atoms with Crippen LogP contribution in [0.5, 0.6) is 0 Å². The highest BCUT2D eigenvalue weighted by Gasteiger charge is 2.13. The first-order valence-corrected chi connectivity index (χ1v) is 6.82. The Morgan fingerprint density at radius 3 is 2.89 bits per heavy atom. The van der Waals surface area contributed by atoms with Gasteiger partial charge in [-0.3, -0.25) is 9.78 Å². The van der Waals surface area contributed by atoms with Gasteiger partial charge in [0.15, 0.2) is 0 Å². The number of nitrogens with one attached hydrogen (secondary N) is 1. The van der Waals surface area contributed by atoms with E-state index in [0.29, 0.717) is 0 Å². The molecule has 2 rings (SSSR count). The van der Waals surface area contributed by atoms with E-state index in [-0.39, 0.29) is 11.9 Å². The van der Waals surface area contributed by atoms with Gasteiger partial charge in [-0.2, -0.15) is 0 Å². The third-order valence-electron chi connectivity index (χ3n) is 2.77. The zero-order valence-corrected chi connectivity index (χ0v) is 11.3. The molecular formula is C14H16N2OS. The lowest BCUT2D eigenvalue weighted by molar-refractivity contribution is 0.0944. The Bertz CT molecular complexity index is 522. The third-order valence-corrected chi connectivity index (χ3v) is 3.99. The number of hydrogen-bond acceptors (Lipinski definition) is 3. The van der Waals surface area contributed by atoms with Crippen LogP contribution < -0.4 is 5.32 Å². The topological polar surface area (TPSA) is 42.0 Å². The van der Waals surface area contributed by atoms with E-state index in [1.807, 2.05) is 31.2 Å². The number of aryl methyl sites for hydroxylation is 1. The van der Waals surface area contributed by atoms with E-state index in [0.717, 1.165) is 16.9 Å². The molecule has 2 aromatic rings. The summed E-state index contributed by atoms with van der Waals surface area (Å²) in [5.74, 6) is -0.0175. The molecule has 0 radical (unpaired) electrons. The van der Waals surface area contributed by atoms with E-state index < -0.39 is 0 Å². The fraction of sp³-hybridized carbons (Fsp3) is 0.286. The molecule has 0 bridgehead atoms. The fourth-order valence-electron chi connectivity index (χ4n) is 1.67. The summed E-state index contributed by atoms with van der Waals surface area (Å²) in [5, 5.41) is 2.98. The molecule has 0 spiro atoms. The zero-order chi connectivity index (χ0) is 13.0. The minimum absolute atomic E-state index is 0.0175. The Balaban J connectivity index is 2.03. The normalized spacial score (nSPS) is 12.1. The summed E-state index contributed by atoms with van der Waals surface area (Å²) in [6.45, 7) is 4.05. The predicted molar refractivity (Wildman–Crippen MR) is 73.8 cm³/mol.